The molecule has 2 unspecified atom stereocenters. The summed E-state index contributed by atoms with van der Waals surface area (Å²) in [5.74, 6) is 0.671. The topological polar surface area (TPSA) is 44.8 Å². The molecule has 0 N–H and O–H groups in total. The van der Waals surface area contributed by atoms with Crippen LogP contribution in [-0.2, 0) is 18.1 Å². The Morgan fingerprint density at radius 3 is 1.84 bits per heavy atom. The maximum absolute atomic E-state index is 12.5. The van der Waals surface area contributed by atoms with Crippen molar-refractivity contribution in [2.45, 2.75) is 66.9 Å². The van der Waals surface area contributed by atoms with Gasteiger partial charge in [-0.3, -0.25) is 13.6 Å². The van der Waals surface area contributed by atoms with Gasteiger partial charge in [-0.05, 0) is 32.1 Å². The standard InChI is InChI=1S/C14H31O4P/c1-7-11-13(8-2)14(12(5)6)18-19(15,16-9-3)17-10-4/h12-14H,7-11H2,1-6H3. The summed E-state index contributed by atoms with van der Waals surface area (Å²) in [6.07, 6.45) is 3.08. The van der Waals surface area contributed by atoms with Crippen molar-refractivity contribution >= 4 is 7.82 Å². The van der Waals surface area contributed by atoms with Crippen molar-refractivity contribution in [1.82, 2.24) is 0 Å². The van der Waals surface area contributed by atoms with Crippen LogP contribution in [0, 0.1) is 11.8 Å². The van der Waals surface area contributed by atoms with E-state index in [1.807, 2.05) is 0 Å². The van der Waals surface area contributed by atoms with Crippen LogP contribution in [0.3, 0.4) is 0 Å². The third-order valence-corrected chi connectivity index (χ3v) is 4.78. The molecule has 0 rings (SSSR count). The number of rotatable bonds is 11. The summed E-state index contributed by atoms with van der Waals surface area (Å²) in [5, 5.41) is 0. The summed E-state index contributed by atoms with van der Waals surface area (Å²) in [6, 6.07) is 0. The Balaban J connectivity index is 4.91. The van der Waals surface area contributed by atoms with Gasteiger partial charge in [0.05, 0.1) is 19.3 Å². The zero-order valence-electron chi connectivity index (χ0n) is 13.3. The Morgan fingerprint density at radius 2 is 1.53 bits per heavy atom. The lowest BCUT2D eigenvalue weighted by molar-refractivity contribution is 0.0258. The monoisotopic (exact) mass is 294 g/mol. The summed E-state index contributed by atoms with van der Waals surface area (Å²) in [6.45, 7) is 12.7. The van der Waals surface area contributed by atoms with E-state index < -0.39 is 7.82 Å². The van der Waals surface area contributed by atoms with Crippen LogP contribution >= 0.6 is 7.82 Å². The predicted molar refractivity (Wildman–Crippen MR) is 79.3 cm³/mol. The van der Waals surface area contributed by atoms with Gasteiger partial charge in [0.15, 0.2) is 0 Å². The third kappa shape index (κ3) is 6.89. The Morgan fingerprint density at radius 1 is 1.00 bits per heavy atom. The van der Waals surface area contributed by atoms with Crippen LogP contribution in [0.1, 0.15) is 60.8 Å². The zero-order valence-corrected chi connectivity index (χ0v) is 14.2. The quantitative estimate of drug-likeness (QED) is 0.501. The summed E-state index contributed by atoms with van der Waals surface area (Å²) < 4.78 is 28.8. The molecule has 0 saturated carbocycles. The summed E-state index contributed by atoms with van der Waals surface area (Å²) in [5.41, 5.74) is 0. The smallest absolute Gasteiger partial charge is 0.287 e. The fourth-order valence-corrected chi connectivity index (χ4v) is 3.83. The van der Waals surface area contributed by atoms with Gasteiger partial charge in [-0.15, -0.1) is 0 Å². The van der Waals surface area contributed by atoms with E-state index in [0.29, 0.717) is 19.1 Å². The highest BCUT2D eigenvalue weighted by molar-refractivity contribution is 7.48. The van der Waals surface area contributed by atoms with Gasteiger partial charge in [0.1, 0.15) is 0 Å². The van der Waals surface area contributed by atoms with Gasteiger partial charge in [-0.1, -0.05) is 40.5 Å². The lowest BCUT2D eigenvalue weighted by atomic mass is 9.88. The molecule has 19 heavy (non-hydrogen) atoms. The van der Waals surface area contributed by atoms with Gasteiger partial charge in [-0.2, -0.15) is 0 Å². The first-order valence-electron chi connectivity index (χ1n) is 7.51. The minimum absolute atomic E-state index is 0.0890. The first-order chi connectivity index (χ1) is 8.94. The third-order valence-electron chi connectivity index (χ3n) is 3.13. The Hall–Kier alpha value is 0.110. The van der Waals surface area contributed by atoms with Gasteiger partial charge in [0.2, 0.25) is 0 Å². The van der Waals surface area contributed by atoms with E-state index in [0.717, 1.165) is 19.3 Å². The number of hydrogen-bond donors (Lipinski definition) is 0. The van der Waals surface area contributed by atoms with E-state index in [1.165, 1.54) is 0 Å². The molecule has 4 nitrogen and oxygen atoms in total. The van der Waals surface area contributed by atoms with Crippen molar-refractivity contribution in [2.24, 2.45) is 11.8 Å². The lowest BCUT2D eigenvalue weighted by Crippen LogP contribution is -2.29. The van der Waals surface area contributed by atoms with Crippen molar-refractivity contribution in [2.75, 3.05) is 13.2 Å². The molecule has 0 saturated heterocycles. The fraction of sp³-hybridized carbons (Fsp3) is 1.00. The minimum Gasteiger partial charge on any atom is -0.287 e. The van der Waals surface area contributed by atoms with Crippen LogP contribution in [-0.4, -0.2) is 19.3 Å². The second-order valence-corrected chi connectivity index (χ2v) is 6.68. The normalized spacial score (nSPS) is 15.7. The highest BCUT2D eigenvalue weighted by Crippen LogP contribution is 2.52. The molecule has 0 aliphatic rings. The molecule has 0 amide bonds. The van der Waals surface area contributed by atoms with Crippen LogP contribution in [0.2, 0.25) is 0 Å². The van der Waals surface area contributed by atoms with Crippen LogP contribution in [0.25, 0.3) is 0 Å². The first-order valence-corrected chi connectivity index (χ1v) is 8.97. The van der Waals surface area contributed by atoms with Gasteiger partial charge >= 0.3 is 7.82 Å². The molecule has 2 atom stereocenters. The zero-order chi connectivity index (χ0) is 14.9. The van der Waals surface area contributed by atoms with E-state index in [4.69, 9.17) is 13.6 Å². The summed E-state index contributed by atoms with van der Waals surface area (Å²) in [7, 11) is -3.42. The number of phosphoric acid groups is 1. The average molecular weight is 294 g/mol. The lowest BCUT2D eigenvalue weighted by Gasteiger charge is -2.31. The van der Waals surface area contributed by atoms with Crippen LogP contribution in [0.5, 0.6) is 0 Å². The highest BCUT2D eigenvalue weighted by Gasteiger charge is 2.34. The van der Waals surface area contributed by atoms with Crippen LogP contribution in [0.4, 0.5) is 0 Å². The molecule has 0 fully saturated rings. The predicted octanol–water partition coefficient (Wildman–Crippen LogP) is 5.04. The molecule has 0 aromatic carbocycles. The van der Waals surface area contributed by atoms with Crippen molar-refractivity contribution in [3.8, 4) is 0 Å². The molecule has 5 heteroatoms. The van der Waals surface area contributed by atoms with E-state index in [2.05, 4.69) is 27.7 Å². The molecule has 0 bridgehead atoms. The molecular formula is C14H31O4P. The van der Waals surface area contributed by atoms with Gasteiger partial charge in [0.25, 0.3) is 0 Å². The van der Waals surface area contributed by atoms with E-state index in [1.54, 1.807) is 13.8 Å². The number of hydrogen-bond acceptors (Lipinski definition) is 4. The second-order valence-electron chi connectivity index (χ2n) is 5.05. The van der Waals surface area contributed by atoms with Crippen molar-refractivity contribution in [3.63, 3.8) is 0 Å². The maximum Gasteiger partial charge on any atom is 0.475 e. The molecule has 0 aromatic heterocycles. The van der Waals surface area contributed by atoms with Crippen LogP contribution < -0.4 is 0 Å². The summed E-state index contributed by atoms with van der Waals surface area (Å²) in [4.78, 5) is 0. The van der Waals surface area contributed by atoms with Crippen molar-refractivity contribution in [3.05, 3.63) is 0 Å². The van der Waals surface area contributed by atoms with E-state index in [9.17, 15) is 4.57 Å². The largest absolute Gasteiger partial charge is 0.475 e. The SMILES string of the molecule is CCCC(CC)C(OP(=O)(OCC)OCC)C(C)C. The number of phosphoric ester groups is 1. The molecule has 116 valence electrons. The van der Waals surface area contributed by atoms with Crippen LogP contribution in [0.15, 0.2) is 0 Å². The Labute approximate surface area is 118 Å². The minimum atomic E-state index is -3.42. The second kappa shape index (κ2) is 9.93. The van der Waals surface area contributed by atoms with E-state index in [-0.39, 0.29) is 12.0 Å². The molecule has 0 aliphatic carbocycles. The summed E-state index contributed by atoms with van der Waals surface area (Å²) >= 11 is 0. The maximum atomic E-state index is 12.5. The van der Waals surface area contributed by atoms with Gasteiger partial charge < -0.3 is 0 Å². The molecule has 0 aromatic rings. The molecular weight excluding hydrogens is 263 g/mol. The Bertz CT molecular complexity index is 258. The molecule has 0 spiro atoms. The van der Waals surface area contributed by atoms with Crippen molar-refractivity contribution in [1.29, 1.82) is 0 Å². The van der Waals surface area contributed by atoms with Gasteiger partial charge in [-0.25, -0.2) is 4.57 Å². The van der Waals surface area contributed by atoms with Gasteiger partial charge in [0, 0.05) is 0 Å². The highest BCUT2D eigenvalue weighted by atomic mass is 31.2. The average Bonchev–Trinajstić information content (AvgIpc) is 2.34. The Kier molecular flexibility index (Phi) is 9.98. The molecule has 0 heterocycles. The van der Waals surface area contributed by atoms with Crippen molar-refractivity contribution < 1.29 is 18.1 Å². The molecule has 0 radical (unpaired) electrons. The molecule has 0 aliphatic heterocycles. The first kappa shape index (κ1) is 19.1. The van der Waals surface area contributed by atoms with E-state index >= 15 is 0 Å². The fourth-order valence-electron chi connectivity index (χ4n) is 2.29.